The third kappa shape index (κ3) is 4.67. The fraction of sp³-hybridized carbons (Fsp3) is 0.826. The minimum atomic E-state index is -0.456. The largest absolute Gasteiger partial charge is 0.335 e. The van der Waals surface area contributed by atoms with Crippen LogP contribution in [0, 0.1) is 0 Å². The van der Waals surface area contributed by atoms with E-state index in [4.69, 9.17) is 0 Å². The van der Waals surface area contributed by atoms with E-state index in [-0.39, 0.29) is 24.5 Å². The van der Waals surface area contributed by atoms with Crippen molar-refractivity contribution in [3.63, 3.8) is 0 Å². The number of nitrogens with zero attached hydrogens (tertiary/aromatic N) is 5. The number of carbonyl (C=O) groups excluding carboxylic acids is 1. The maximum atomic E-state index is 13.7. The van der Waals surface area contributed by atoms with Crippen LogP contribution < -0.4 is 0 Å². The summed E-state index contributed by atoms with van der Waals surface area (Å²) in [4.78, 5) is 19.9. The Hall–Kier alpha value is -1.48. The molecule has 1 aromatic rings. The van der Waals surface area contributed by atoms with Crippen LogP contribution in [0.2, 0.25) is 0 Å². The molecule has 3 heterocycles. The molecular weight excluding hydrogens is 394 g/mol. The summed E-state index contributed by atoms with van der Waals surface area (Å²) < 4.78 is 1.81. The van der Waals surface area contributed by atoms with Gasteiger partial charge in [-0.3, -0.25) is 4.79 Å². The number of rotatable bonds is 4. The molecule has 1 aromatic heterocycles. The molecule has 8 heteroatoms. The highest BCUT2D eigenvalue weighted by atomic mass is 16.5. The fourth-order valence-electron chi connectivity index (χ4n) is 6.15. The molecule has 0 saturated carbocycles. The predicted molar refractivity (Wildman–Crippen MR) is 119 cm³/mol. The summed E-state index contributed by atoms with van der Waals surface area (Å²) in [6.45, 7) is 16.5. The van der Waals surface area contributed by atoms with Crippen LogP contribution in [-0.4, -0.2) is 75.1 Å². The quantitative estimate of drug-likeness (QED) is 0.753. The van der Waals surface area contributed by atoms with Gasteiger partial charge in [0.2, 0.25) is 5.91 Å². The van der Waals surface area contributed by atoms with Crippen LogP contribution in [0.1, 0.15) is 81.1 Å². The lowest BCUT2D eigenvalue weighted by Gasteiger charge is -2.58. The third-order valence-corrected chi connectivity index (χ3v) is 7.19. The number of hydrogen-bond donors (Lipinski definition) is 2. The van der Waals surface area contributed by atoms with Crippen LogP contribution in [0.25, 0.3) is 0 Å². The average molecular weight is 436 g/mol. The number of hydrogen-bond acceptors (Lipinski definition) is 6. The number of hydroxylamine groups is 4. The average Bonchev–Trinajstić information content (AvgIpc) is 3.09. The molecular formula is C23H41N5O3. The molecule has 0 unspecified atom stereocenters. The fourth-order valence-corrected chi connectivity index (χ4v) is 6.15. The molecule has 0 radical (unpaired) electrons. The first kappa shape index (κ1) is 24.2. The molecule has 2 N–H and O–H groups in total. The Morgan fingerprint density at radius 1 is 0.871 bits per heavy atom. The summed E-state index contributed by atoms with van der Waals surface area (Å²) >= 11 is 0. The van der Waals surface area contributed by atoms with Gasteiger partial charge in [0.1, 0.15) is 6.54 Å². The molecule has 0 bridgehead atoms. The number of carbonyl (C=O) groups is 1. The Balaban J connectivity index is 1.98. The Kier molecular flexibility index (Phi) is 6.10. The van der Waals surface area contributed by atoms with Gasteiger partial charge in [0.25, 0.3) is 0 Å². The van der Waals surface area contributed by atoms with Crippen molar-refractivity contribution in [2.24, 2.45) is 0 Å². The molecule has 0 aromatic carbocycles. The van der Waals surface area contributed by atoms with Gasteiger partial charge in [-0.1, -0.05) is 0 Å². The summed E-state index contributed by atoms with van der Waals surface area (Å²) in [6.07, 6.45) is 7.90. The zero-order chi connectivity index (χ0) is 23.4. The smallest absolute Gasteiger partial charge is 0.243 e. The van der Waals surface area contributed by atoms with Crippen molar-refractivity contribution >= 4 is 5.91 Å². The van der Waals surface area contributed by atoms with Gasteiger partial charge < -0.3 is 19.9 Å². The van der Waals surface area contributed by atoms with Gasteiger partial charge in [-0.25, -0.2) is 4.98 Å². The first-order valence-electron chi connectivity index (χ1n) is 11.3. The van der Waals surface area contributed by atoms with Crippen LogP contribution in [0.15, 0.2) is 18.7 Å². The van der Waals surface area contributed by atoms with Gasteiger partial charge in [0.15, 0.2) is 0 Å². The second-order valence-electron chi connectivity index (χ2n) is 12.0. The second kappa shape index (κ2) is 7.83. The highest BCUT2D eigenvalue weighted by molar-refractivity contribution is 5.77. The van der Waals surface area contributed by atoms with Crippen LogP contribution in [-0.2, 0) is 11.3 Å². The highest BCUT2D eigenvalue weighted by Crippen LogP contribution is 2.44. The Morgan fingerprint density at radius 3 is 1.58 bits per heavy atom. The van der Waals surface area contributed by atoms with Crippen molar-refractivity contribution in [1.29, 1.82) is 0 Å². The predicted octanol–water partition coefficient (Wildman–Crippen LogP) is 3.53. The van der Waals surface area contributed by atoms with E-state index in [1.807, 2.05) is 66.2 Å². The van der Waals surface area contributed by atoms with Gasteiger partial charge in [0, 0.05) is 46.6 Å². The van der Waals surface area contributed by atoms with E-state index >= 15 is 0 Å². The normalized spacial score (nSPS) is 26.6. The minimum Gasteiger partial charge on any atom is -0.335 e. The van der Waals surface area contributed by atoms with Crippen LogP contribution in [0.5, 0.6) is 0 Å². The molecule has 2 aliphatic rings. The molecule has 2 fully saturated rings. The zero-order valence-electron chi connectivity index (χ0n) is 20.5. The van der Waals surface area contributed by atoms with Crippen LogP contribution in [0.4, 0.5) is 0 Å². The molecule has 8 nitrogen and oxygen atoms in total. The van der Waals surface area contributed by atoms with Crippen LogP contribution in [0.3, 0.4) is 0 Å². The maximum Gasteiger partial charge on any atom is 0.243 e. The molecule has 31 heavy (non-hydrogen) atoms. The molecule has 176 valence electrons. The zero-order valence-corrected chi connectivity index (χ0v) is 20.5. The van der Waals surface area contributed by atoms with E-state index in [1.54, 1.807) is 12.5 Å². The first-order valence-corrected chi connectivity index (χ1v) is 11.3. The lowest BCUT2D eigenvalue weighted by atomic mass is 9.74. The number of piperidine rings is 2. The minimum absolute atomic E-state index is 0.00809. The number of imidazole rings is 1. The standard InChI is InChI=1S/C23H41N5O3/c1-20(2)11-17(12-21(3,4)27(20)30)26(19(29)15-25-10-9-24-16-25)18-13-22(5,6)28(31)23(7,8)14-18/h9-10,16-18,30-31H,11-15H2,1-8H3. The Labute approximate surface area is 186 Å². The van der Waals surface area contributed by atoms with Gasteiger partial charge in [-0.05, 0) is 81.1 Å². The third-order valence-electron chi connectivity index (χ3n) is 7.19. The molecule has 0 aliphatic carbocycles. The molecule has 0 atom stereocenters. The van der Waals surface area contributed by atoms with Gasteiger partial charge in [-0.2, -0.15) is 10.1 Å². The van der Waals surface area contributed by atoms with E-state index in [0.29, 0.717) is 25.7 Å². The van der Waals surface area contributed by atoms with Gasteiger partial charge in [0.05, 0.1) is 6.33 Å². The lowest BCUT2D eigenvalue weighted by Crippen LogP contribution is -2.68. The number of amides is 1. The number of aromatic nitrogens is 2. The molecule has 2 saturated heterocycles. The van der Waals surface area contributed by atoms with E-state index < -0.39 is 22.2 Å². The van der Waals surface area contributed by atoms with Gasteiger partial charge in [-0.15, -0.1) is 0 Å². The first-order chi connectivity index (χ1) is 14.1. The van der Waals surface area contributed by atoms with Gasteiger partial charge >= 0.3 is 0 Å². The summed E-state index contributed by atoms with van der Waals surface area (Å²) in [7, 11) is 0. The van der Waals surface area contributed by atoms with Crippen LogP contribution >= 0.6 is 0 Å². The van der Waals surface area contributed by atoms with E-state index in [0.717, 1.165) is 0 Å². The van der Waals surface area contributed by atoms with Crippen molar-refractivity contribution in [2.75, 3.05) is 0 Å². The van der Waals surface area contributed by atoms with Crippen molar-refractivity contribution < 1.29 is 15.2 Å². The van der Waals surface area contributed by atoms with Crippen molar-refractivity contribution in [3.05, 3.63) is 18.7 Å². The van der Waals surface area contributed by atoms with Crippen molar-refractivity contribution in [3.8, 4) is 0 Å². The highest BCUT2D eigenvalue weighted by Gasteiger charge is 2.52. The summed E-state index contributed by atoms with van der Waals surface area (Å²) in [6, 6.07) is -0.0162. The van der Waals surface area contributed by atoms with Crippen molar-refractivity contribution in [2.45, 2.75) is 122 Å². The Bertz CT molecular complexity index is 709. The lowest BCUT2D eigenvalue weighted by molar-refractivity contribution is -0.265. The van der Waals surface area contributed by atoms with E-state index in [1.165, 1.54) is 10.1 Å². The second-order valence-corrected chi connectivity index (χ2v) is 12.0. The SMILES string of the molecule is CC1(C)CC(N(C(=O)Cn2ccnc2)C2CC(C)(C)N(O)C(C)(C)C2)CC(C)(C)N1O. The Morgan fingerprint density at radius 2 is 1.26 bits per heavy atom. The molecule has 1 amide bonds. The van der Waals surface area contributed by atoms with E-state index in [2.05, 4.69) is 9.88 Å². The maximum absolute atomic E-state index is 13.7. The topological polar surface area (TPSA) is 85.1 Å². The summed E-state index contributed by atoms with van der Waals surface area (Å²) in [5.41, 5.74) is -1.82. The molecule has 0 spiro atoms. The summed E-state index contributed by atoms with van der Waals surface area (Å²) in [5.74, 6) is 0.0592. The molecule has 3 rings (SSSR count). The monoisotopic (exact) mass is 435 g/mol. The summed E-state index contributed by atoms with van der Waals surface area (Å²) in [5, 5.41) is 24.5. The molecule has 2 aliphatic heterocycles. The van der Waals surface area contributed by atoms with Crippen molar-refractivity contribution in [1.82, 2.24) is 24.6 Å². The van der Waals surface area contributed by atoms with E-state index in [9.17, 15) is 15.2 Å².